The van der Waals surface area contributed by atoms with Crippen molar-refractivity contribution in [3.63, 3.8) is 0 Å². The number of carbonyl (C=O) groups is 2. The van der Waals surface area contributed by atoms with Crippen molar-refractivity contribution in [2.45, 2.75) is 70.3 Å². The Morgan fingerprint density at radius 1 is 0.692 bits per heavy atom. The first-order valence-corrected chi connectivity index (χ1v) is 18.3. The van der Waals surface area contributed by atoms with E-state index in [2.05, 4.69) is 87.9 Å². The Labute approximate surface area is 306 Å². The molecule has 2 saturated heterocycles. The lowest BCUT2D eigenvalue weighted by Crippen LogP contribution is -2.49. The third-order valence-electron chi connectivity index (χ3n) is 9.88. The van der Waals surface area contributed by atoms with Crippen molar-refractivity contribution in [2.24, 2.45) is 0 Å². The summed E-state index contributed by atoms with van der Waals surface area (Å²) in [5.74, 6) is -0.521. The first kappa shape index (κ1) is 37.3. The second kappa shape index (κ2) is 18.9. The fraction of sp³-hybridized carbons (Fsp3) is 0.381. The van der Waals surface area contributed by atoms with E-state index in [9.17, 15) is 14.7 Å². The third-order valence-corrected chi connectivity index (χ3v) is 9.88. The molecule has 4 aromatic rings. The number of unbranched alkanes of at least 4 members (excludes halogenated alkanes) is 1. The highest BCUT2D eigenvalue weighted by Gasteiger charge is 2.34. The van der Waals surface area contributed by atoms with Gasteiger partial charge < -0.3 is 19.9 Å². The number of aliphatic hydroxyl groups excluding tert-OH is 1. The number of amides is 2. The van der Waals surface area contributed by atoms with Crippen LogP contribution < -0.4 is 10.8 Å². The van der Waals surface area contributed by atoms with Gasteiger partial charge in [0.2, 0.25) is 11.8 Å². The molecule has 3 atom stereocenters. The standard InChI is InChI=1S/C42H50N4O6/c47-30-32-16-18-34(19-17-32)39-26-38(29-46-22-20-45(21-23-46)28-31-8-2-1-3-9-31)51-42(52-39)37-13-7-12-36(25-37)35-11-6-10-33(24-35)27-43-40(48)14-4-5-15-41(49)44-50/h1-3,6-13,16-19,24-25,38-39,42,47,50H,4-5,14-15,20-23,26-30H2,(H,43,48)(H,44,49). The molecular formula is C42H50N4O6. The summed E-state index contributed by atoms with van der Waals surface area (Å²) in [7, 11) is 0. The SMILES string of the molecule is O=C(CCCCC(=O)NCc1cccc(-c2cccc(C3OC(CN4CCN(Cc5ccccc5)CC4)CC(c4ccc(CO)cc4)O3)c2)c1)NO. The van der Waals surface area contributed by atoms with E-state index in [1.165, 1.54) is 5.56 Å². The first-order chi connectivity index (χ1) is 25.4. The Morgan fingerprint density at radius 2 is 1.37 bits per heavy atom. The number of hydrogen-bond donors (Lipinski definition) is 4. The van der Waals surface area contributed by atoms with Crippen LogP contribution in [0.15, 0.2) is 103 Å². The smallest absolute Gasteiger partial charge is 0.243 e. The lowest BCUT2D eigenvalue weighted by molar-refractivity contribution is -0.253. The van der Waals surface area contributed by atoms with E-state index in [0.717, 1.165) is 79.1 Å². The fourth-order valence-electron chi connectivity index (χ4n) is 6.93. The second-order valence-electron chi connectivity index (χ2n) is 13.8. The minimum Gasteiger partial charge on any atom is -0.392 e. The highest BCUT2D eigenvalue weighted by molar-refractivity contribution is 5.76. The molecule has 3 unspecified atom stereocenters. The van der Waals surface area contributed by atoms with Crippen LogP contribution in [-0.4, -0.2) is 70.8 Å². The van der Waals surface area contributed by atoms with Gasteiger partial charge in [-0.05, 0) is 58.4 Å². The number of rotatable bonds is 15. The number of aliphatic hydroxyl groups is 1. The number of nitrogens with one attached hydrogen (secondary N) is 2. The van der Waals surface area contributed by atoms with E-state index in [1.807, 2.05) is 30.3 Å². The maximum atomic E-state index is 12.4. The van der Waals surface area contributed by atoms with Crippen LogP contribution in [0.3, 0.4) is 0 Å². The molecule has 2 amide bonds. The molecule has 2 aliphatic rings. The van der Waals surface area contributed by atoms with E-state index >= 15 is 0 Å². The quantitative estimate of drug-likeness (QED) is 0.0686. The molecule has 52 heavy (non-hydrogen) atoms. The van der Waals surface area contributed by atoms with E-state index in [1.54, 1.807) is 5.48 Å². The lowest BCUT2D eigenvalue weighted by Gasteiger charge is -2.41. The lowest BCUT2D eigenvalue weighted by atomic mass is 9.98. The monoisotopic (exact) mass is 706 g/mol. The van der Waals surface area contributed by atoms with Crippen LogP contribution in [0, 0.1) is 0 Å². The molecule has 2 aliphatic heterocycles. The van der Waals surface area contributed by atoms with Gasteiger partial charge in [-0.25, -0.2) is 5.48 Å². The van der Waals surface area contributed by atoms with Gasteiger partial charge in [0.15, 0.2) is 6.29 Å². The predicted octanol–water partition coefficient (Wildman–Crippen LogP) is 5.89. The van der Waals surface area contributed by atoms with Crippen molar-refractivity contribution in [2.75, 3.05) is 32.7 Å². The summed E-state index contributed by atoms with van der Waals surface area (Å²) in [6.07, 6.45) is 1.62. The second-order valence-corrected chi connectivity index (χ2v) is 13.8. The Morgan fingerprint density at radius 3 is 2.10 bits per heavy atom. The van der Waals surface area contributed by atoms with Gasteiger partial charge in [0.05, 0.1) is 18.8 Å². The molecule has 0 spiro atoms. The zero-order chi connectivity index (χ0) is 36.1. The third kappa shape index (κ3) is 10.8. The van der Waals surface area contributed by atoms with Gasteiger partial charge in [-0.1, -0.05) is 91.0 Å². The van der Waals surface area contributed by atoms with Crippen LogP contribution >= 0.6 is 0 Å². The average molecular weight is 707 g/mol. The summed E-state index contributed by atoms with van der Waals surface area (Å²) < 4.78 is 13.4. The van der Waals surface area contributed by atoms with E-state index in [-0.39, 0.29) is 31.1 Å². The van der Waals surface area contributed by atoms with Crippen LogP contribution in [0.1, 0.15) is 72.3 Å². The molecule has 6 rings (SSSR count). The minimum absolute atomic E-state index is 0.00414. The normalized spacial score (nSPS) is 19.6. The van der Waals surface area contributed by atoms with Gasteiger partial charge in [0.25, 0.3) is 0 Å². The number of benzene rings is 4. The molecule has 4 N–H and O–H groups in total. The van der Waals surface area contributed by atoms with Crippen LogP contribution in [0.25, 0.3) is 11.1 Å². The Bertz CT molecular complexity index is 1730. The molecule has 4 aromatic carbocycles. The zero-order valence-electron chi connectivity index (χ0n) is 29.7. The van der Waals surface area contributed by atoms with Crippen LogP contribution in [-0.2, 0) is 38.8 Å². The van der Waals surface area contributed by atoms with E-state index in [0.29, 0.717) is 25.8 Å². The zero-order valence-corrected chi connectivity index (χ0v) is 29.7. The molecule has 2 fully saturated rings. The van der Waals surface area contributed by atoms with Gasteiger partial charge in [0.1, 0.15) is 0 Å². The fourth-order valence-corrected chi connectivity index (χ4v) is 6.93. The van der Waals surface area contributed by atoms with Gasteiger partial charge in [-0.15, -0.1) is 0 Å². The summed E-state index contributed by atoms with van der Waals surface area (Å²) in [5, 5.41) is 21.2. The Balaban J connectivity index is 1.10. The van der Waals surface area contributed by atoms with Crippen LogP contribution in [0.2, 0.25) is 0 Å². The molecule has 10 nitrogen and oxygen atoms in total. The van der Waals surface area contributed by atoms with Crippen molar-refractivity contribution in [3.8, 4) is 11.1 Å². The van der Waals surface area contributed by atoms with Crippen LogP contribution in [0.5, 0.6) is 0 Å². The molecule has 0 aromatic heterocycles. The molecule has 274 valence electrons. The number of hydroxylamine groups is 1. The van der Waals surface area contributed by atoms with Crippen molar-refractivity contribution in [1.29, 1.82) is 0 Å². The van der Waals surface area contributed by atoms with Crippen LogP contribution in [0.4, 0.5) is 0 Å². The average Bonchev–Trinajstić information content (AvgIpc) is 3.20. The first-order valence-electron chi connectivity index (χ1n) is 18.3. The molecule has 0 aliphatic carbocycles. The number of carbonyl (C=O) groups excluding carboxylic acids is 2. The predicted molar refractivity (Wildman–Crippen MR) is 199 cm³/mol. The summed E-state index contributed by atoms with van der Waals surface area (Å²) in [4.78, 5) is 28.6. The van der Waals surface area contributed by atoms with Crippen molar-refractivity contribution in [1.82, 2.24) is 20.6 Å². The highest BCUT2D eigenvalue weighted by Crippen LogP contribution is 2.39. The molecular weight excluding hydrogens is 656 g/mol. The molecule has 0 bridgehead atoms. The summed E-state index contributed by atoms with van der Waals surface area (Å²) in [5.41, 5.74) is 8.89. The molecule has 2 heterocycles. The number of nitrogens with zero attached hydrogens (tertiary/aromatic N) is 2. The minimum atomic E-state index is -0.550. The van der Waals surface area contributed by atoms with Gasteiger partial charge >= 0.3 is 0 Å². The van der Waals surface area contributed by atoms with Crippen molar-refractivity contribution >= 4 is 11.8 Å². The Kier molecular flexibility index (Phi) is 13.6. The maximum Gasteiger partial charge on any atom is 0.243 e. The van der Waals surface area contributed by atoms with E-state index < -0.39 is 12.2 Å². The maximum absolute atomic E-state index is 12.4. The van der Waals surface area contributed by atoms with Crippen molar-refractivity contribution in [3.05, 3.63) is 131 Å². The highest BCUT2D eigenvalue weighted by atomic mass is 16.7. The van der Waals surface area contributed by atoms with E-state index in [4.69, 9.17) is 14.7 Å². The number of ether oxygens (including phenoxy) is 2. The summed E-state index contributed by atoms with van der Waals surface area (Å²) in [6.45, 7) is 6.22. The van der Waals surface area contributed by atoms with Gasteiger partial charge in [-0.3, -0.25) is 24.6 Å². The summed E-state index contributed by atoms with van der Waals surface area (Å²) in [6, 6.07) is 35.1. The molecule has 10 heteroatoms. The topological polar surface area (TPSA) is 124 Å². The summed E-state index contributed by atoms with van der Waals surface area (Å²) >= 11 is 0. The molecule has 0 saturated carbocycles. The Hall–Kier alpha value is -4.42. The van der Waals surface area contributed by atoms with Crippen molar-refractivity contribution < 1.29 is 29.4 Å². The largest absolute Gasteiger partial charge is 0.392 e. The molecule has 0 radical (unpaired) electrons. The van der Waals surface area contributed by atoms with Gasteiger partial charge in [-0.2, -0.15) is 0 Å². The van der Waals surface area contributed by atoms with Gasteiger partial charge in [0, 0.05) is 70.6 Å². The number of piperazine rings is 1. The number of hydrogen-bond acceptors (Lipinski definition) is 8.